The van der Waals surface area contributed by atoms with Crippen LogP contribution >= 0.6 is 0 Å². The fourth-order valence-corrected chi connectivity index (χ4v) is 2.48. The molecule has 1 aromatic carbocycles. The molecule has 0 spiro atoms. The number of nitrogens with zero attached hydrogens (tertiary/aromatic N) is 1. The van der Waals surface area contributed by atoms with Gasteiger partial charge in [0.25, 0.3) is 0 Å². The lowest BCUT2D eigenvalue weighted by molar-refractivity contribution is 0.546. The van der Waals surface area contributed by atoms with Crippen LogP contribution in [0.15, 0.2) is 47.6 Å². The maximum Gasteiger partial charge on any atom is 0.0603 e. The molecule has 0 aliphatic carbocycles. The van der Waals surface area contributed by atoms with Gasteiger partial charge >= 0.3 is 0 Å². The van der Waals surface area contributed by atoms with Crippen molar-refractivity contribution in [2.24, 2.45) is 16.9 Å². The summed E-state index contributed by atoms with van der Waals surface area (Å²) in [5, 5.41) is 4.31. The number of hydrogen-bond acceptors (Lipinski definition) is 2. The summed E-state index contributed by atoms with van der Waals surface area (Å²) in [5.74, 6) is 0.919. The van der Waals surface area contributed by atoms with Crippen LogP contribution in [0.4, 0.5) is 0 Å². The van der Waals surface area contributed by atoms with Gasteiger partial charge in [0, 0.05) is 12.1 Å². The van der Waals surface area contributed by atoms with Gasteiger partial charge in [-0.1, -0.05) is 63.6 Å². The van der Waals surface area contributed by atoms with Crippen molar-refractivity contribution in [3.8, 4) is 0 Å². The van der Waals surface area contributed by atoms with Gasteiger partial charge in [0.05, 0.1) is 5.70 Å². The average molecular weight is 282 g/mol. The van der Waals surface area contributed by atoms with Crippen molar-refractivity contribution < 1.29 is 0 Å². The van der Waals surface area contributed by atoms with Gasteiger partial charge in [-0.3, -0.25) is 5.43 Å². The molecule has 2 rings (SSSR count). The summed E-state index contributed by atoms with van der Waals surface area (Å²) in [6, 6.07) is 8.68. The summed E-state index contributed by atoms with van der Waals surface area (Å²) in [4.78, 5) is 0. The van der Waals surface area contributed by atoms with E-state index in [0.29, 0.717) is 5.92 Å². The van der Waals surface area contributed by atoms with Crippen LogP contribution in [0.5, 0.6) is 0 Å². The highest BCUT2D eigenvalue weighted by Crippen LogP contribution is 2.25. The van der Waals surface area contributed by atoms with E-state index in [9.17, 15) is 0 Å². The Bertz CT molecular complexity index is 537. The number of hydrogen-bond donors (Lipinski definition) is 1. The molecular formula is C19H26N2. The summed E-state index contributed by atoms with van der Waals surface area (Å²) in [7, 11) is 0. The molecule has 2 atom stereocenters. The second-order valence-electron chi connectivity index (χ2n) is 5.92. The Labute approximate surface area is 128 Å². The Balaban J connectivity index is 2.11. The molecule has 2 nitrogen and oxygen atoms in total. The van der Waals surface area contributed by atoms with Crippen molar-refractivity contribution in [1.82, 2.24) is 5.43 Å². The van der Waals surface area contributed by atoms with Crippen LogP contribution < -0.4 is 5.43 Å². The molecule has 0 aromatic heterocycles. The number of nitrogens with one attached hydrogen (secondary N) is 1. The van der Waals surface area contributed by atoms with Crippen LogP contribution in [-0.2, 0) is 6.42 Å². The van der Waals surface area contributed by atoms with Gasteiger partial charge in [-0.25, -0.2) is 0 Å². The minimum Gasteiger partial charge on any atom is -0.278 e. The molecule has 112 valence electrons. The highest BCUT2D eigenvalue weighted by molar-refractivity contribution is 5.77. The number of hydrazone groups is 1. The number of benzene rings is 1. The number of rotatable bonds is 6. The van der Waals surface area contributed by atoms with E-state index in [1.54, 1.807) is 0 Å². The SMILES string of the molecule is C=C(CC(C)CC)C1C=NNC(c2ccc(CC)cc2)=C1. The Morgan fingerprint density at radius 3 is 2.62 bits per heavy atom. The maximum absolute atomic E-state index is 4.31. The Morgan fingerprint density at radius 1 is 1.29 bits per heavy atom. The zero-order chi connectivity index (χ0) is 15.2. The lowest BCUT2D eigenvalue weighted by Gasteiger charge is -2.20. The van der Waals surface area contributed by atoms with E-state index >= 15 is 0 Å². The molecule has 1 N–H and O–H groups in total. The first kappa shape index (κ1) is 15.6. The molecule has 0 amide bonds. The van der Waals surface area contributed by atoms with Gasteiger partial charge in [-0.2, -0.15) is 5.10 Å². The average Bonchev–Trinajstić information content (AvgIpc) is 2.55. The smallest absolute Gasteiger partial charge is 0.0603 e. The van der Waals surface area contributed by atoms with Crippen LogP contribution in [0.25, 0.3) is 5.70 Å². The molecule has 0 bridgehead atoms. The van der Waals surface area contributed by atoms with Gasteiger partial charge in [-0.15, -0.1) is 0 Å². The van der Waals surface area contributed by atoms with Gasteiger partial charge < -0.3 is 0 Å². The summed E-state index contributed by atoms with van der Waals surface area (Å²) < 4.78 is 0. The van der Waals surface area contributed by atoms with E-state index in [-0.39, 0.29) is 5.92 Å². The highest BCUT2D eigenvalue weighted by atomic mass is 15.3. The van der Waals surface area contributed by atoms with E-state index in [1.165, 1.54) is 23.1 Å². The first-order valence-electron chi connectivity index (χ1n) is 7.92. The molecule has 0 saturated heterocycles. The molecule has 2 heteroatoms. The number of aryl methyl sites for hydroxylation is 1. The molecule has 1 heterocycles. The quantitative estimate of drug-likeness (QED) is 0.745. The Hall–Kier alpha value is -1.83. The fraction of sp³-hybridized carbons (Fsp3) is 0.421. The molecule has 21 heavy (non-hydrogen) atoms. The van der Waals surface area contributed by atoms with E-state index in [0.717, 1.165) is 18.5 Å². The van der Waals surface area contributed by atoms with Crippen LogP contribution in [0, 0.1) is 11.8 Å². The van der Waals surface area contributed by atoms with Gasteiger partial charge in [0.2, 0.25) is 0 Å². The summed E-state index contributed by atoms with van der Waals surface area (Å²) >= 11 is 0. The normalized spacial score (nSPS) is 18.8. The minimum absolute atomic E-state index is 0.237. The molecule has 0 radical (unpaired) electrons. The Kier molecular flexibility index (Phi) is 5.38. The first-order valence-corrected chi connectivity index (χ1v) is 7.92. The predicted octanol–water partition coefficient (Wildman–Crippen LogP) is 4.79. The monoisotopic (exact) mass is 282 g/mol. The molecule has 1 aromatic rings. The minimum atomic E-state index is 0.237. The molecule has 2 unspecified atom stereocenters. The third kappa shape index (κ3) is 4.07. The summed E-state index contributed by atoms with van der Waals surface area (Å²) in [6.45, 7) is 10.9. The Morgan fingerprint density at radius 2 is 2.00 bits per heavy atom. The van der Waals surface area contributed by atoms with Crippen LogP contribution in [-0.4, -0.2) is 6.21 Å². The van der Waals surface area contributed by atoms with E-state index in [2.05, 4.69) is 68.2 Å². The fourth-order valence-electron chi connectivity index (χ4n) is 2.48. The first-order chi connectivity index (χ1) is 10.1. The van der Waals surface area contributed by atoms with Crippen molar-refractivity contribution >= 4 is 11.9 Å². The van der Waals surface area contributed by atoms with E-state index < -0.39 is 0 Å². The van der Waals surface area contributed by atoms with Gasteiger partial charge in [-0.05, 0) is 36.0 Å². The van der Waals surface area contributed by atoms with Crippen LogP contribution in [0.2, 0.25) is 0 Å². The summed E-state index contributed by atoms with van der Waals surface area (Å²) in [6.07, 6.45) is 7.51. The lowest BCUT2D eigenvalue weighted by Crippen LogP contribution is -2.17. The molecule has 1 aliphatic heterocycles. The maximum atomic E-state index is 4.31. The highest BCUT2D eigenvalue weighted by Gasteiger charge is 2.15. The second kappa shape index (κ2) is 7.26. The van der Waals surface area contributed by atoms with Crippen molar-refractivity contribution in [2.75, 3.05) is 0 Å². The second-order valence-corrected chi connectivity index (χ2v) is 5.92. The standard InChI is InChI=1S/C19H26N2/c1-5-14(3)11-15(4)18-12-19(21-20-13-18)17-9-7-16(6-2)8-10-17/h7-10,12-14,18,21H,4-6,11H2,1-3H3. The third-order valence-electron chi connectivity index (χ3n) is 4.22. The summed E-state index contributed by atoms with van der Waals surface area (Å²) in [5.41, 5.74) is 7.98. The van der Waals surface area contributed by atoms with Crippen molar-refractivity contribution in [1.29, 1.82) is 0 Å². The van der Waals surface area contributed by atoms with E-state index in [1.807, 2.05) is 6.21 Å². The van der Waals surface area contributed by atoms with Crippen molar-refractivity contribution in [3.63, 3.8) is 0 Å². The molecule has 0 fully saturated rings. The number of allylic oxidation sites excluding steroid dienone is 2. The van der Waals surface area contributed by atoms with Crippen molar-refractivity contribution in [3.05, 3.63) is 53.6 Å². The van der Waals surface area contributed by atoms with Gasteiger partial charge in [0.15, 0.2) is 0 Å². The van der Waals surface area contributed by atoms with Gasteiger partial charge in [0.1, 0.15) is 0 Å². The van der Waals surface area contributed by atoms with E-state index in [4.69, 9.17) is 0 Å². The predicted molar refractivity (Wildman–Crippen MR) is 92.1 cm³/mol. The van der Waals surface area contributed by atoms with Crippen LogP contribution in [0.1, 0.15) is 44.7 Å². The molecular weight excluding hydrogens is 256 g/mol. The zero-order valence-electron chi connectivity index (χ0n) is 13.4. The largest absolute Gasteiger partial charge is 0.278 e. The lowest BCUT2D eigenvalue weighted by atomic mass is 9.90. The molecule has 1 aliphatic rings. The van der Waals surface area contributed by atoms with Crippen LogP contribution in [0.3, 0.4) is 0 Å². The van der Waals surface area contributed by atoms with Crippen molar-refractivity contribution in [2.45, 2.75) is 40.0 Å². The zero-order valence-corrected chi connectivity index (χ0v) is 13.4. The molecule has 0 saturated carbocycles. The third-order valence-corrected chi connectivity index (χ3v) is 4.22. The topological polar surface area (TPSA) is 24.4 Å².